The Morgan fingerprint density at radius 1 is 1.54 bits per heavy atom. The third-order valence-electron chi connectivity index (χ3n) is 2.07. The largest absolute Gasteiger partial charge is 0.292 e. The first-order valence-electron chi connectivity index (χ1n) is 4.41. The molecule has 1 aromatic rings. The van der Waals surface area contributed by atoms with Crippen molar-refractivity contribution in [2.75, 3.05) is 0 Å². The van der Waals surface area contributed by atoms with Crippen LogP contribution >= 0.6 is 0 Å². The molecule has 1 heterocycles. The summed E-state index contributed by atoms with van der Waals surface area (Å²) >= 11 is 0. The van der Waals surface area contributed by atoms with Crippen LogP contribution in [0.1, 0.15) is 39.4 Å². The second-order valence-electron chi connectivity index (χ2n) is 3.88. The summed E-state index contributed by atoms with van der Waals surface area (Å²) in [5.74, 6) is 5.23. The van der Waals surface area contributed by atoms with Crippen LogP contribution in [-0.2, 0) is 10.4 Å². The molecule has 0 aliphatic heterocycles. The molecule has 0 aliphatic rings. The van der Waals surface area contributed by atoms with Gasteiger partial charge in [0.05, 0.1) is 5.69 Å². The average molecular weight is 183 g/mol. The van der Waals surface area contributed by atoms with Crippen LogP contribution in [0.5, 0.6) is 0 Å². The van der Waals surface area contributed by atoms with E-state index in [1.165, 1.54) is 0 Å². The lowest BCUT2D eigenvalue weighted by Gasteiger charge is -2.24. The molecule has 0 bridgehead atoms. The zero-order valence-corrected chi connectivity index (χ0v) is 8.61. The van der Waals surface area contributed by atoms with E-state index in [2.05, 4.69) is 18.9 Å². The third kappa shape index (κ3) is 1.89. The number of hydrogen-bond donors (Lipinski definition) is 1. The fourth-order valence-corrected chi connectivity index (χ4v) is 1.26. The lowest BCUT2D eigenvalue weighted by Crippen LogP contribution is -2.29. The number of hydrogen-bond acceptors (Lipinski definition) is 3. The van der Waals surface area contributed by atoms with E-state index in [0.29, 0.717) is 6.04 Å². The Hall–Kier alpha value is -0.870. The van der Waals surface area contributed by atoms with Crippen LogP contribution in [0.15, 0.2) is 12.3 Å². The molecule has 0 atom stereocenters. The number of nitrogens with two attached hydrogens (primary N) is 1. The molecule has 0 amide bonds. The van der Waals surface area contributed by atoms with Crippen molar-refractivity contribution in [2.45, 2.75) is 39.3 Å². The zero-order valence-electron chi connectivity index (χ0n) is 8.61. The van der Waals surface area contributed by atoms with Crippen LogP contribution in [0.25, 0.3) is 0 Å². The van der Waals surface area contributed by atoms with E-state index in [1.54, 1.807) is 6.20 Å². The predicted octanol–water partition coefficient (Wildman–Crippen LogP) is 1.59. The van der Waals surface area contributed by atoms with Gasteiger partial charge in [-0.3, -0.25) is 9.52 Å². The van der Waals surface area contributed by atoms with Crippen LogP contribution in [0.2, 0.25) is 0 Å². The summed E-state index contributed by atoms with van der Waals surface area (Å²) in [4.78, 5) is 4.91. The van der Waals surface area contributed by atoms with Crippen molar-refractivity contribution in [1.29, 1.82) is 0 Å². The van der Waals surface area contributed by atoms with Crippen molar-refractivity contribution in [1.82, 2.24) is 9.78 Å². The van der Waals surface area contributed by atoms with Gasteiger partial charge in [-0.1, -0.05) is 0 Å². The van der Waals surface area contributed by atoms with E-state index in [9.17, 15) is 0 Å². The highest BCUT2D eigenvalue weighted by Gasteiger charge is 2.25. The Bertz CT molecular complexity index is 278. The molecule has 2 N–H and O–H groups in total. The van der Waals surface area contributed by atoms with Crippen molar-refractivity contribution in [3.8, 4) is 0 Å². The number of aromatic nitrogens is 2. The Balaban J connectivity index is 3.07. The van der Waals surface area contributed by atoms with Crippen LogP contribution in [0.3, 0.4) is 0 Å². The number of rotatable bonds is 3. The van der Waals surface area contributed by atoms with E-state index < -0.39 is 5.60 Å². The molecule has 74 valence electrons. The van der Waals surface area contributed by atoms with Gasteiger partial charge in [-0.25, -0.2) is 5.90 Å². The fourth-order valence-electron chi connectivity index (χ4n) is 1.26. The summed E-state index contributed by atoms with van der Waals surface area (Å²) in [5.41, 5.74) is 0.505. The summed E-state index contributed by atoms with van der Waals surface area (Å²) in [7, 11) is 0. The first kappa shape index (κ1) is 10.2. The van der Waals surface area contributed by atoms with Crippen molar-refractivity contribution >= 4 is 0 Å². The molecule has 13 heavy (non-hydrogen) atoms. The van der Waals surface area contributed by atoms with Gasteiger partial charge in [-0.2, -0.15) is 5.10 Å². The summed E-state index contributed by atoms with van der Waals surface area (Å²) in [6, 6.07) is 2.24. The number of nitrogens with zero attached hydrogens (tertiary/aromatic N) is 2. The van der Waals surface area contributed by atoms with Gasteiger partial charge in [0.25, 0.3) is 0 Å². The van der Waals surface area contributed by atoms with Crippen LogP contribution in [0, 0.1) is 0 Å². The lowest BCUT2D eigenvalue weighted by atomic mass is 10.1. The zero-order chi connectivity index (χ0) is 10.1. The molecule has 0 spiro atoms. The third-order valence-corrected chi connectivity index (χ3v) is 2.07. The van der Waals surface area contributed by atoms with Gasteiger partial charge in [-0.05, 0) is 33.8 Å². The maximum Gasteiger partial charge on any atom is 0.125 e. The van der Waals surface area contributed by atoms with Gasteiger partial charge in [0.2, 0.25) is 0 Å². The van der Waals surface area contributed by atoms with Gasteiger partial charge >= 0.3 is 0 Å². The van der Waals surface area contributed by atoms with Crippen LogP contribution < -0.4 is 5.90 Å². The molecular formula is C9H17N3O. The van der Waals surface area contributed by atoms with Gasteiger partial charge in [-0.15, -0.1) is 0 Å². The minimum absolute atomic E-state index is 0.319. The van der Waals surface area contributed by atoms with E-state index in [4.69, 9.17) is 10.7 Å². The summed E-state index contributed by atoms with van der Waals surface area (Å²) in [5, 5.41) is 4.21. The highest BCUT2D eigenvalue weighted by molar-refractivity contribution is 5.10. The molecule has 0 unspecified atom stereocenters. The highest BCUT2D eigenvalue weighted by Crippen LogP contribution is 2.24. The summed E-state index contributed by atoms with van der Waals surface area (Å²) in [6.45, 7) is 7.98. The quantitative estimate of drug-likeness (QED) is 0.724. The predicted molar refractivity (Wildman–Crippen MR) is 50.9 cm³/mol. The highest BCUT2D eigenvalue weighted by atomic mass is 16.6. The van der Waals surface area contributed by atoms with E-state index in [1.807, 2.05) is 24.6 Å². The van der Waals surface area contributed by atoms with Crippen LogP contribution in [-0.4, -0.2) is 9.78 Å². The molecule has 0 radical (unpaired) electrons. The average Bonchev–Trinajstić information content (AvgIpc) is 2.52. The summed E-state index contributed by atoms with van der Waals surface area (Å²) < 4.78 is 1.91. The topological polar surface area (TPSA) is 53.1 Å². The standard InChI is InChI=1S/C9H17N3O/c1-7(2)12-8(5-6-11-12)9(3,4)13-10/h5-7H,10H2,1-4H3. The molecule has 0 fully saturated rings. The maximum absolute atomic E-state index is 5.23. The molecule has 4 nitrogen and oxygen atoms in total. The van der Waals surface area contributed by atoms with E-state index >= 15 is 0 Å². The van der Waals surface area contributed by atoms with Gasteiger partial charge in [0, 0.05) is 12.2 Å². The second-order valence-corrected chi connectivity index (χ2v) is 3.88. The van der Waals surface area contributed by atoms with Crippen molar-refractivity contribution in [3.05, 3.63) is 18.0 Å². The Morgan fingerprint density at radius 2 is 2.15 bits per heavy atom. The minimum atomic E-state index is -0.485. The maximum atomic E-state index is 5.23. The van der Waals surface area contributed by atoms with Crippen LogP contribution in [0.4, 0.5) is 0 Å². The lowest BCUT2D eigenvalue weighted by molar-refractivity contribution is -0.0307. The Morgan fingerprint density at radius 3 is 2.62 bits per heavy atom. The molecule has 0 aromatic carbocycles. The molecule has 1 aromatic heterocycles. The van der Waals surface area contributed by atoms with Crippen molar-refractivity contribution < 1.29 is 4.84 Å². The summed E-state index contributed by atoms with van der Waals surface area (Å²) in [6.07, 6.45) is 1.76. The SMILES string of the molecule is CC(C)n1nccc1C(C)(C)ON. The monoisotopic (exact) mass is 183 g/mol. The molecule has 1 rings (SSSR count). The van der Waals surface area contributed by atoms with Crippen molar-refractivity contribution in [2.24, 2.45) is 5.90 Å². The Kier molecular flexibility index (Phi) is 2.73. The van der Waals surface area contributed by atoms with Gasteiger partial charge in [0.15, 0.2) is 0 Å². The Labute approximate surface area is 78.6 Å². The van der Waals surface area contributed by atoms with Gasteiger partial charge < -0.3 is 0 Å². The molecular weight excluding hydrogens is 166 g/mol. The normalized spacial score (nSPS) is 12.5. The molecule has 4 heteroatoms. The first-order chi connectivity index (χ1) is 5.99. The first-order valence-corrected chi connectivity index (χ1v) is 4.41. The van der Waals surface area contributed by atoms with Crippen molar-refractivity contribution in [3.63, 3.8) is 0 Å². The molecule has 0 saturated heterocycles. The van der Waals surface area contributed by atoms with Gasteiger partial charge in [0.1, 0.15) is 5.60 Å². The smallest absolute Gasteiger partial charge is 0.125 e. The molecule has 0 aliphatic carbocycles. The molecule has 0 saturated carbocycles. The minimum Gasteiger partial charge on any atom is -0.292 e. The van der Waals surface area contributed by atoms with E-state index in [0.717, 1.165) is 5.69 Å². The fraction of sp³-hybridized carbons (Fsp3) is 0.667. The second kappa shape index (κ2) is 3.47. The van der Waals surface area contributed by atoms with E-state index in [-0.39, 0.29) is 0 Å².